The van der Waals surface area contributed by atoms with Gasteiger partial charge in [0.25, 0.3) is 0 Å². The number of aromatic hydroxyl groups is 1. The third-order valence-electron chi connectivity index (χ3n) is 12.3. The highest BCUT2D eigenvalue weighted by Gasteiger charge is 2.33. The summed E-state index contributed by atoms with van der Waals surface area (Å²) >= 11 is 0. The van der Waals surface area contributed by atoms with Crippen LogP contribution in [0.5, 0.6) is 5.75 Å². The van der Waals surface area contributed by atoms with Crippen molar-refractivity contribution < 1.29 is 9.52 Å². The predicted octanol–water partition coefficient (Wildman–Crippen LogP) is 15.4. The van der Waals surface area contributed by atoms with Crippen LogP contribution in [0.15, 0.2) is 162 Å². The van der Waals surface area contributed by atoms with E-state index in [1.54, 1.807) is 6.20 Å². The standard InChI is InChI=1S/C58H45N5O2/c1-57(2,3)46-32-44(54(64)51(53(46)60-7)58(4,5)6)56-62-52-40(25-18-27-49(52)63(56)48-26-16-14-23-39(48)35-19-10-8-11-20-35)37-29-42-41-24-15-17-28-50(41)65-55(42)43(30-37)47-31-38(33-59)45(34-61-47)36-21-12-9-13-22-36/h8-32,34,64H,1-6H3. The number of phenolic OH excluding ortho intramolecular Hbond substituents is 1. The maximum atomic E-state index is 12.6. The number of fused-ring (bicyclic) bond motifs is 4. The smallest absolute Gasteiger partial charge is 0.198 e. The summed E-state index contributed by atoms with van der Waals surface area (Å²) in [6, 6.07) is 53.1. The van der Waals surface area contributed by atoms with E-state index in [-0.39, 0.29) is 5.75 Å². The van der Waals surface area contributed by atoms with Gasteiger partial charge in [0.15, 0.2) is 5.69 Å². The van der Waals surface area contributed by atoms with E-state index in [1.807, 2.05) is 118 Å². The van der Waals surface area contributed by atoms with Gasteiger partial charge < -0.3 is 9.52 Å². The minimum absolute atomic E-state index is 0.0405. The number of para-hydroxylation sites is 3. The summed E-state index contributed by atoms with van der Waals surface area (Å²) < 4.78 is 8.77. The lowest BCUT2D eigenvalue weighted by Crippen LogP contribution is -2.18. The number of nitrogens with zero attached hydrogens (tertiary/aromatic N) is 5. The Kier molecular flexibility index (Phi) is 9.74. The third kappa shape index (κ3) is 6.90. The lowest BCUT2D eigenvalue weighted by molar-refractivity contribution is 0.448. The first-order valence-corrected chi connectivity index (χ1v) is 21.7. The molecule has 314 valence electrons. The molecule has 3 heterocycles. The molecule has 3 aromatic heterocycles. The molecule has 7 heteroatoms. The van der Waals surface area contributed by atoms with Gasteiger partial charge in [-0.25, -0.2) is 9.83 Å². The first kappa shape index (κ1) is 40.8. The van der Waals surface area contributed by atoms with Gasteiger partial charge in [-0.05, 0) is 69.5 Å². The topological polar surface area (TPSA) is 92.2 Å². The molecule has 0 aliphatic rings. The lowest BCUT2D eigenvalue weighted by atomic mass is 9.77. The van der Waals surface area contributed by atoms with E-state index in [1.165, 1.54) is 0 Å². The van der Waals surface area contributed by atoms with E-state index in [0.717, 1.165) is 77.6 Å². The maximum absolute atomic E-state index is 12.6. The van der Waals surface area contributed by atoms with Gasteiger partial charge >= 0.3 is 0 Å². The Morgan fingerprint density at radius 1 is 0.646 bits per heavy atom. The van der Waals surface area contributed by atoms with Gasteiger partial charge in [-0.3, -0.25) is 9.55 Å². The number of hydrogen-bond donors (Lipinski definition) is 1. The molecule has 10 rings (SSSR count). The quantitative estimate of drug-likeness (QED) is 0.168. The molecule has 7 aromatic carbocycles. The average Bonchev–Trinajstić information content (AvgIpc) is 3.89. The Bertz CT molecular complexity index is 3590. The maximum Gasteiger partial charge on any atom is 0.198 e. The summed E-state index contributed by atoms with van der Waals surface area (Å²) in [5, 5.41) is 24.9. The van der Waals surface area contributed by atoms with Crippen LogP contribution < -0.4 is 0 Å². The number of aromatic nitrogens is 3. The average molecular weight is 844 g/mol. The molecule has 0 spiro atoms. The molecule has 0 fully saturated rings. The van der Waals surface area contributed by atoms with Crippen LogP contribution in [0.25, 0.3) is 99.5 Å². The second-order valence-corrected chi connectivity index (χ2v) is 18.6. The summed E-state index contributed by atoms with van der Waals surface area (Å²) in [5.41, 5.74) is 12.6. The second-order valence-electron chi connectivity index (χ2n) is 18.6. The number of rotatable bonds is 6. The van der Waals surface area contributed by atoms with Crippen LogP contribution >= 0.6 is 0 Å². The molecule has 0 aliphatic heterocycles. The van der Waals surface area contributed by atoms with Gasteiger partial charge in [0.05, 0.1) is 46.2 Å². The largest absolute Gasteiger partial charge is 0.508 e. The number of hydrogen-bond acceptors (Lipinski definition) is 5. The fraction of sp³-hybridized carbons (Fsp3) is 0.138. The van der Waals surface area contributed by atoms with Crippen LogP contribution in [-0.4, -0.2) is 19.6 Å². The molecule has 7 nitrogen and oxygen atoms in total. The minimum Gasteiger partial charge on any atom is -0.508 e. The fourth-order valence-electron chi connectivity index (χ4n) is 9.23. The Labute approximate surface area is 378 Å². The van der Waals surface area contributed by atoms with Crippen molar-refractivity contribution >= 4 is 38.7 Å². The Morgan fingerprint density at radius 3 is 2.00 bits per heavy atom. The Morgan fingerprint density at radius 2 is 1.31 bits per heavy atom. The number of benzene rings is 7. The van der Waals surface area contributed by atoms with Crippen molar-refractivity contribution in [1.82, 2.24) is 14.5 Å². The monoisotopic (exact) mass is 843 g/mol. The third-order valence-corrected chi connectivity index (χ3v) is 12.3. The molecule has 1 N–H and O–H groups in total. The molecule has 0 saturated heterocycles. The van der Waals surface area contributed by atoms with Crippen LogP contribution in [0.3, 0.4) is 0 Å². The lowest BCUT2D eigenvalue weighted by Gasteiger charge is -2.30. The summed E-state index contributed by atoms with van der Waals surface area (Å²) in [4.78, 5) is 14.6. The van der Waals surface area contributed by atoms with Gasteiger partial charge in [-0.2, -0.15) is 5.26 Å². The van der Waals surface area contributed by atoms with Crippen LogP contribution in [0.1, 0.15) is 58.2 Å². The number of nitriles is 1. The van der Waals surface area contributed by atoms with Crippen molar-refractivity contribution in [1.29, 1.82) is 5.26 Å². The molecule has 0 amide bonds. The van der Waals surface area contributed by atoms with Crippen LogP contribution in [0, 0.1) is 17.9 Å². The molecule has 0 atom stereocenters. The van der Waals surface area contributed by atoms with Gasteiger partial charge in [-0.1, -0.05) is 157 Å². The Hall–Kier alpha value is -8.26. The second kappa shape index (κ2) is 15.5. The van der Waals surface area contributed by atoms with Crippen LogP contribution in [0.2, 0.25) is 0 Å². The SMILES string of the molecule is [C-]#[N+]c1c(C(C)(C)C)cc(-c2nc3c(-c4cc(-c5cc(C#N)c(-c6ccccc6)cn5)c5oc6ccccc6c5c4)cccc3n2-c2ccccc2-c2ccccc2)c(O)c1C(C)(C)C. The van der Waals surface area contributed by atoms with E-state index in [0.29, 0.717) is 39.5 Å². The van der Waals surface area contributed by atoms with Gasteiger partial charge in [0, 0.05) is 44.8 Å². The number of phenols is 1. The number of imidazole rings is 1. The molecule has 0 radical (unpaired) electrons. The Balaban J connectivity index is 1.30. The van der Waals surface area contributed by atoms with E-state index in [2.05, 4.69) is 90.8 Å². The van der Waals surface area contributed by atoms with E-state index in [9.17, 15) is 10.4 Å². The van der Waals surface area contributed by atoms with Gasteiger partial charge in [0.2, 0.25) is 0 Å². The highest BCUT2D eigenvalue weighted by molar-refractivity contribution is 6.12. The normalized spacial score (nSPS) is 11.9. The van der Waals surface area contributed by atoms with Crippen molar-refractivity contribution in [2.45, 2.75) is 52.4 Å². The highest BCUT2D eigenvalue weighted by atomic mass is 16.3. The van der Waals surface area contributed by atoms with Crippen molar-refractivity contribution in [2.24, 2.45) is 0 Å². The molecule has 0 unspecified atom stereocenters. The van der Waals surface area contributed by atoms with Gasteiger partial charge in [0.1, 0.15) is 22.7 Å². The molecular weight excluding hydrogens is 799 g/mol. The summed E-state index contributed by atoms with van der Waals surface area (Å²) in [6.07, 6.45) is 1.77. The van der Waals surface area contributed by atoms with Crippen molar-refractivity contribution in [3.8, 4) is 73.5 Å². The molecule has 0 saturated carbocycles. The van der Waals surface area contributed by atoms with Crippen LogP contribution in [0.4, 0.5) is 5.69 Å². The van der Waals surface area contributed by atoms with Crippen molar-refractivity contribution in [3.63, 3.8) is 0 Å². The van der Waals surface area contributed by atoms with Gasteiger partial charge in [-0.15, -0.1) is 0 Å². The highest BCUT2D eigenvalue weighted by Crippen LogP contribution is 2.51. The van der Waals surface area contributed by atoms with E-state index in [4.69, 9.17) is 21.0 Å². The zero-order valence-electron chi connectivity index (χ0n) is 37.1. The molecule has 10 aromatic rings. The summed E-state index contributed by atoms with van der Waals surface area (Å²) in [6.45, 7) is 20.8. The fourth-order valence-corrected chi connectivity index (χ4v) is 9.23. The molecule has 65 heavy (non-hydrogen) atoms. The van der Waals surface area contributed by atoms with Crippen LogP contribution in [-0.2, 0) is 10.8 Å². The van der Waals surface area contributed by atoms with Crippen molar-refractivity contribution in [2.75, 3.05) is 0 Å². The van der Waals surface area contributed by atoms with E-state index < -0.39 is 10.8 Å². The number of pyridine rings is 1. The van der Waals surface area contributed by atoms with E-state index >= 15 is 0 Å². The minimum atomic E-state index is -0.568. The molecule has 0 aliphatic carbocycles. The first-order chi connectivity index (χ1) is 31.4. The zero-order valence-corrected chi connectivity index (χ0v) is 37.1. The first-order valence-electron chi connectivity index (χ1n) is 21.7. The number of furan rings is 1. The molecule has 0 bridgehead atoms. The zero-order chi connectivity index (χ0) is 45.2. The predicted molar refractivity (Wildman–Crippen MR) is 263 cm³/mol. The summed E-state index contributed by atoms with van der Waals surface area (Å²) in [7, 11) is 0. The summed E-state index contributed by atoms with van der Waals surface area (Å²) in [5.74, 6) is 0.589. The van der Waals surface area contributed by atoms with Crippen molar-refractivity contribution in [3.05, 3.63) is 186 Å². The molecular formula is C58H45N5O2.